The molecule has 0 radical (unpaired) electrons. The first-order valence-electron chi connectivity index (χ1n) is 8.19. The van der Waals surface area contributed by atoms with E-state index in [2.05, 4.69) is 20.2 Å². The van der Waals surface area contributed by atoms with Crippen molar-refractivity contribution in [2.75, 3.05) is 14.2 Å². The van der Waals surface area contributed by atoms with Crippen LogP contribution < -0.4 is 9.47 Å². The van der Waals surface area contributed by atoms with Gasteiger partial charge in [0.1, 0.15) is 0 Å². The fourth-order valence-electron chi connectivity index (χ4n) is 2.51. The quantitative estimate of drug-likeness (QED) is 0.603. The van der Waals surface area contributed by atoms with Gasteiger partial charge < -0.3 is 9.47 Å². The highest BCUT2D eigenvalue weighted by Crippen LogP contribution is 2.28. The Hall–Kier alpha value is -3.28. The Bertz CT molecular complexity index is 911. The molecule has 2 aromatic carbocycles. The summed E-state index contributed by atoms with van der Waals surface area (Å²) in [6.45, 7) is 2.32. The van der Waals surface area contributed by atoms with Crippen LogP contribution in [0.1, 0.15) is 11.3 Å². The molecule has 0 amide bonds. The molecule has 26 heavy (non-hydrogen) atoms. The van der Waals surface area contributed by atoms with Crippen molar-refractivity contribution in [3.05, 3.63) is 65.9 Å². The summed E-state index contributed by atoms with van der Waals surface area (Å²) in [6, 6.07) is 17.5. The van der Waals surface area contributed by atoms with Gasteiger partial charge in [-0.25, -0.2) is 9.97 Å². The number of aromatic nitrogens is 2. The average Bonchev–Trinajstić information content (AvgIpc) is 2.68. The van der Waals surface area contributed by atoms with Crippen molar-refractivity contribution in [2.45, 2.75) is 13.5 Å². The second kappa shape index (κ2) is 8.20. The van der Waals surface area contributed by atoms with E-state index in [1.54, 1.807) is 14.2 Å². The molecule has 132 valence electrons. The highest BCUT2D eigenvalue weighted by molar-refractivity contribution is 5.60. The predicted molar refractivity (Wildman–Crippen MR) is 100.0 cm³/mol. The van der Waals surface area contributed by atoms with E-state index >= 15 is 0 Å². The van der Waals surface area contributed by atoms with E-state index in [4.69, 9.17) is 9.47 Å². The molecule has 0 saturated heterocycles. The van der Waals surface area contributed by atoms with E-state index in [1.165, 1.54) is 0 Å². The second-order valence-corrected chi connectivity index (χ2v) is 5.65. The zero-order valence-electron chi connectivity index (χ0n) is 15.0. The predicted octanol–water partition coefficient (Wildman–Crippen LogP) is 4.75. The molecule has 0 N–H and O–H groups in total. The van der Waals surface area contributed by atoms with Gasteiger partial charge in [0.15, 0.2) is 11.5 Å². The Balaban J connectivity index is 1.78. The lowest BCUT2D eigenvalue weighted by atomic mass is 10.1. The molecular formula is C20H20N4O2. The highest BCUT2D eigenvalue weighted by Gasteiger charge is 2.05. The summed E-state index contributed by atoms with van der Waals surface area (Å²) >= 11 is 0. The summed E-state index contributed by atoms with van der Waals surface area (Å²) in [5, 5.41) is 8.40. The van der Waals surface area contributed by atoms with Crippen LogP contribution in [0.5, 0.6) is 11.5 Å². The molecule has 3 aromatic rings. The first-order chi connectivity index (χ1) is 12.7. The molecule has 3 rings (SSSR count). The minimum atomic E-state index is 0.351. The molecule has 1 aromatic heterocycles. The number of rotatable bonds is 6. The number of methoxy groups -OCH3 is 2. The molecule has 0 fully saturated rings. The smallest absolute Gasteiger partial charge is 0.269 e. The van der Waals surface area contributed by atoms with Crippen LogP contribution in [-0.4, -0.2) is 24.2 Å². The zero-order valence-corrected chi connectivity index (χ0v) is 15.0. The van der Waals surface area contributed by atoms with Crippen LogP contribution in [0.3, 0.4) is 0 Å². The first-order valence-corrected chi connectivity index (χ1v) is 8.19. The number of nitrogens with zero attached hydrogens (tertiary/aromatic N) is 4. The van der Waals surface area contributed by atoms with Gasteiger partial charge in [-0.3, -0.25) is 0 Å². The van der Waals surface area contributed by atoms with Crippen LogP contribution in [0, 0.1) is 6.92 Å². The summed E-state index contributed by atoms with van der Waals surface area (Å²) in [7, 11) is 3.21. The minimum Gasteiger partial charge on any atom is -0.493 e. The first kappa shape index (κ1) is 17.5. The van der Waals surface area contributed by atoms with E-state index < -0.39 is 0 Å². The normalized spacial score (nSPS) is 10.9. The maximum absolute atomic E-state index is 5.30. The van der Waals surface area contributed by atoms with Crippen molar-refractivity contribution in [3.63, 3.8) is 0 Å². The topological polar surface area (TPSA) is 69.0 Å². The maximum Gasteiger partial charge on any atom is 0.269 e. The molecule has 0 unspecified atom stereocenters. The molecule has 6 nitrogen and oxygen atoms in total. The van der Waals surface area contributed by atoms with E-state index in [9.17, 15) is 0 Å². The Labute approximate surface area is 152 Å². The highest BCUT2D eigenvalue weighted by atomic mass is 16.5. The Morgan fingerprint density at radius 1 is 0.885 bits per heavy atom. The van der Waals surface area contributed by atoms with E-state index in [0.29, 0.717) is 24.0 Å². The molecule has 0 spiro atoms. The molecule has 0 aliphatic rings. The number of aryl methyl sites for hydroxylation is 1. The summed E-state index contributed by atoms with van der Waals surface area (Å²) < 4.78 is 10.5. The van der Waals surface area contributed by atoms with Gasteiger partial charge in [0.2, 0.25) is 0 Å². The number of hydrogen-bond donors (Lipinski definition) is 0. The fraction of sp³-hybridized carbons (Fsp3) is 0.200. The lowest BCUT2D eigenvalue weighted by Crippen LogP contribution is -1.92. The Morgan fingerprint density at radius 2 is 1.65 bits per heavy atom. The molecular weight excluding hydrogens is 328 g/mol. The van der Waals surface area contributed by atoms with E-state index in [0.717, 1.165) is 22.5 Å². The second-order valence-electron chi connectivity index (χ2n) is 5.65. The van der Waals surface area contributed by atoms with Crippen molar-refractivity contribution < 1.29 is 9.47 Å². The van der Waals surface area contributed by atoms with Gasteiger partial charge in [-0.05, 0) is 30.7 Å². The van der Waals surface area contributed by atoms with Gasteiger partial charge in [0.25, 0.3) is 5.95 Å². The van der Waals surface area contributed by atoms with E-state index in [1.807, 2.05) is 61.5 Å². The molecule has 0 aliphatic heterocycles. The average molecular weight is 348 g/mol. The minimum absolute atomic E-state index is 0.351. The summed E-state index contributed by atoms with van der Waals surface area (Å²) in [6.07, 6.45) is 0. The largest absolute Gasteiger partial charge is 0.493 e. The fourth-order valence-corrected chi connectivity index (χ4v) is 2.51. The van der Waals surface area contributed by atoms with Crippen molar-refractivity contribution in [2.24, 2.45) is 10.2 Å². The van der Waals surface area contributed by atoms with Crippen LogP contribution >= 0.6 is 0 Å². The molecule has 6 heteroatoms. The van der Waals surface area contributed by atoms with Crippen molar-refractivity contribution >= 4 is 5.95 Å². The molecule has 0 aliphatic carbocycles. The molecule has 1 heterocycles. The van der Waals surface area contributed by atoms with Crippen molar-refractivity contribution in [1.29, 1.82) is 0 Å². The third kappa shape index (κ3) is 4.22. The number of benzene rings is 2. The number of ether oxygens (including phenoxy) is 2. The standard InChI is InChI=1S/C20H20N4O2/c1-14-11-17(16-7-5-4-6-8-16)23-20(22-14)24-21-13-15-9-10-18(25-2)19(12-15)26-3/h4-12H,13H2,1-3H3. The van der Waals surface area contributed by atoms with Crippen LogP contribution in [0.4, 0.5) is 5.95 Å². The summed E-state index contributed by atoms with van der Waals surface area (Å²) in [5.41, 5.74) is 3.66. The monoisotopic (exact) mass is 348 g/mol. The van der Waals surface area contributed by atoms with Crippen LogP contribution in [-0.2, 0) is 6.54 Å². The van der Waals surface area contributed by atoms with Crippen LogP contribution in [0.15, 0.2) is 64.8 Å². The van der Waals surface area contributed by atoms with Gasteiger partial charge in [-0.2, -0.15) is 5.11 Å². The van der Waals surface area contributed by atoms with Gasteiger partial charge >= 0.3 is 0 Å². The maximum atomic E-state index is 5.30. The summed E-state index contributed by atoms with van der Waals surface area (Å²) in [4.78, 5) is 8.82. The van der Waals surface area contributed by atoms with Crippen LogP contribution in [0.2, 0.25) is 0 Å². The SMILES string of the molecule is COc1ccc(CN=Nc2nc(C)cc(-c3ccccc3)n2)cc1OC. The molecule has 0 bridgehead atoms. The van der Waals surface area contributed by atoms with Crippen LogP contribution in [0.25, 0.3) is 11.3 Å². The Kier molecular flexibility index (Phi) is 5.53. The molecule has 0 atom stereocenters. The van der Waals surface area contributed by atoms with Crippen molar-refractivity contribution in [3.8, 4) is 22.8 Å². The van der Waals surface area contributed by atoms with Gasteiger partial charge in [0.05, 0.1) is 26.5 Å². The van der Waals surface area contributed by atoms with E-state index in [-0.39, 0.29) is 0 Å². The van der Waals surface area contributed by atoms with Gasteiger partial charge in [-0.1, -0.05) is 36.4 Å². The lowest BCUT2D eigenvalue weighted by Gasteiger charge is -2.08. The van der Waals surface area contributed by atoms with Gasteiger partial charge in [0, 0.05) is 11.3 Å². The molecule has 0 saturated carbocycles. The number of azo groups is 1. The lowest BCUT2D eigenvalue weighted by molar-refractivity contribution is 0.354. The summed E-state index contributed by atoms with van der Waals surface area (Å²) in [5.74, 6) is 1.70. The number of hydrogen-bond acceptors (Lipinski definition) is 6. The third-order valence-corrected chi connectivity index (χ3v) is 3.77. The Morgan fingerprint density at radius 3 is 2.38 bits per heavy atom. The van der Waals surface area contributed by atoms with Crippen molar-refractivity contribution in [1.82, 2.24) is 9.97 Å². The third-order valence-electron chi connectivity index (χ3n) is 3.77. The van der Waals surface area contributed by atoms with Gasteiger partial charge in [-0.15, -0.1) is 5.11 Å². The zero-order chi connectivity index (χ0) is 18.4.